The van der Waals surface area contributed by atoms with Crippen LogP contribution in [-0.2, 0) is 0 Å². The van der Waals surface area contributed by atoms with Gasteiger partial charge in [-0.05, 0) is 48.6 Å². The van der Waals surface area contributed by atoms with Gasteiger partial charge in [0.15, 0.2) is 5.82 Å². The highest BCUT2D eigenvalue weighted by atomic mass is 32.1. The topological polar surface area (TPSA) is 70.6 Å². The molecule has 3 aromatic rings. The molecule has 4 rings (SSSR count). The Labute approximate surface area is 168 Å². The van der Waals surface area contributed by atoms with Crippen molar-refractivity contribution in [3.63, 3.8) is 0 Å². The van der Waals surface area contributed by atoms with Crippen molar-refractivity contribution in [1.82, 2.24) is 14.9 Å². The Balaban J connectivity index is 1.43. The van der Waals surface area contributed by atoms with E-state index in [2.05, 4.69) is 52.2 Å². The summed E-state index contributed by atoms with van der Waals surface area (Å²) in [7, 11) is 1.53. The number of piperazine rings is 1. The number of methoxy groups -OCH3 is 1. The van der Waals surface area contributed by atoms with E-state index in [1.807, 2.05) is 11.4 Å². The summed E-state index contributed by atoms with van der Waals surface area (Å²) in [4.78, 5) is 26.5. The molecule has 2 aromatic heterocycles. The number of aromatic nitrogens is 2. The van der Waals surface area contributed by atoms with Gasteiger partial charge in [-0.25, -0.2) is 14.8 Å². The zero-order chi connectivity index (χ0) is 19.7. The number of fused-ring (bicyclic) bond motifs is 1. The van der Waals surface area contributed by atoms with Crippen LogP contribution in [0, 0.1) is 13.8 Å². The molecule has 0 saturated carbocycles. The van der Waals surface area contributed by atoms with E-state index in [4.69, 9.17) is 4.74 Å². The number of benzene rings is 1. The summed E-state index contributed by atoms with van der Waals surface area (Å²) in [6.45, 7) is 7.11. The number of urea groups is 1. The normalized spacial score (nSPS) is 14.4. The van der Waals surface area contributed by atoms with E-state index >= 15 is 0 Å². The van der Waals surface area contributed by atoms with E-state index in [1.54, 1.807) is 4.90 Å². The first-order chi connectivity index (χ1) is 13.5. The van der Waals surface area contributed by atoms with Gasteiger partial charge in [-0.2, -0.15) is 0 Å². The van der Waals surface area contributed by atoms with Crippen molar-refractivity contribution in [3.05, 3.63) is 40.8 Å². The number of thiophene rings is 1. The fourth-order valence-electron chi connectivity index (χ4n) is 3.48. The van der Waals surface area contributed by atoms with Gasteiger partial charge < -0.3 is 14.5 Å². The molecule has 146 valence electrons. The molecule has 1 fully saturated rings. The Hall–Kier alpha value is -2.87. The summed E-state index contributed by atoms with van der Waals surface area (Å²) in [6.07, 6.45) is 0. The van der Waals surface area contributed by atoms with Crippen molar-refractivity contribution in [1.29, 1.82) is 0 Å². The number of ether oxygens (including phenoxy) is 1. The first-order valence-electron chi connectivity index (χ1n) is 9.22. The van der Waals surface area contributed by atoms with Crippen molar-refractivity contribution in [3.8, 4) is 5.88 Å². The molecular formula is C20H23N5O2S. The smallest absolute Gasteiger partial charge is 0.323 e. The zero-order valence-electron chi connectivity index (χ0n) is 16.2. The Morgan fingerprint density at radius 1 is 1.11 bits per heavy atom. The first-order valence-corrected chi connectivity index (χ1v) is 10.1. The van der Waals surface area contributed by atoms with E-state index in [0.717, 1.165) is 23.4 Å². The molecular weight excluding hydrogens is 374 g/mol. The third-order valence-corrected chi connectivity index (χ3v) is 5.62. The van der Waals surface area contributed by atoms with Gasteiger partial charge in [-0.1, -0.05) is 6.07 Å². The predicted molar refractivity (Wildman–Crippen MR) is 113 cm³/mol. The van der Waals surface area contributed by atoms with Gasteiger partial charge in [0, 0.05) is 31.9 Å². The van der Waals surface area contributed by atoms with Crippen LogP contribution >= 0.6 is 11.3 Å². The highest BCUT2D eigenvalue weighted by Crippen LogP contribution is 2.26. The number of nitrogens with zero attached hydrogens (tertiary/aromatic N) is 4. The van der Waals surface area contributed by atoms with Crippen LogP contribution in [0.3, 0.4) is 0 Å². The maximum Gasteiger partial charge on any atom is 0.323 e. The second kappa shape index (κ2) is 7.63. The average Bonchev–Trinajstić information content (AvgIpc) is 3.14. The zero-order valence-corrected chi connectivity index (χ0v) is 17.0. The number of hydrogen-bond acceptors (Lipinski definition) is 6. The number of rotatable bonds is 3. The second-order valence-electron chi connectivity index (χ2n) is 6.94. The Morgan fingerprint density at radius 2 is 1.82 bits per heavy atom. The van der Waals surface area contributed by atoms with E-state index in [-0.39, 0.29) is 6.03 Å². The van der Waals surface area contributed by atoms with Gasteiger partial charge in [0.05, 0.1) is 7.11 Å². The molecule has 0 radical (unpaired) electrons. The lowest BCUT2D eigenvalue weighted by Gasteiger charge is -2.36. The number of carbonyl (C=O) groups is 1. The lowest BCUT2D eigenvalue weighted by Crippen LogP contribution is -2.50. The van der Waals surface area contributed by atoms with Crippen LogP contribution in [0.4, 0.5) is 16.3 Å². The maximum atomic E-state index is 12.7. The SMILES string of the molecule is COc1nc2ccsc2nc1NC(=O)N1CCN(c2cc(C)cc(C)c2)CC1. The Morgan fingerprint density at radius 3 is 2.50 bits per heavy atom. The number of anilines is 2. The van der Waals surface area contributed by atoms with Crippen molar-refractivity contribution < 1.29 is 9.53 Å². The predicted octanol–water partition coefficient (Wildman–Crippen LogP) is 3.67. The molecule has 2 amide bonds. The third-order valence-electron chi connectivity index (χ3n) is 4.82. The molecule has 0 atom stereocenters. The second-order valence-corrected chi connectivity index (χ2v) is 7.84. The van der Waals surface area contributed by atoms with Crippen molar-refractivity contribution in [2.75, 3.05) is 43.5 Å². The Bertz CT molecular complexity index is 991. The molecule has 1 saturated heterocycles. The fraction of sp³-hybridized carbons (Fsp3) is 0.350. The molecule has 1 aliphatic heterocycles. The van der Waals surface area contributed by atoms with Gasteiger partial charge >= 0.3 is 6.03 Å². The number of nitrogens with one attached hydrogen (secondary N) is 1. The van der Waals surface area contributed by atoms with Crippen molar-refractivity contribution in [2.45, 2.75) is 13.8 Å². The summed E-state index contributed by atoms with van der Waals surface area (Å²) in [5.41, 5.74) is 4.49. The molecule has 8 heteroatoms. The van der Waals surface area contributed by atoms with Gasteiger partial charge in [-0.15, -0.1) is 11.3 Å². The number of carbonyl (C=O) groups excluding carboxylic acids is 1. The summed E-state index contributed by atoms with van der Waals surface area (Å²) in [6, 6.07) is 8.27. The fourth-order valence-corrected chi connectivity index (χ4v) is 4.18. The van der Waals surface area contributed by atoms with Crippen molar-refractivity contribution >= 4 is 39.2 Å². The lowest BCUT2D eigenvalue weighted by atomic mass is 10.1. The number of aryl methyl sites for hydroxylation is 2. The molecule has 0 unspecified atom stereocenters. The van der Waals surface area contributed by atoms with Gasteiger partial charge in [0.1, 0.15) is 10.3 Å². The molecule has 7 nitrogen and oxygen atoms in total. The van der Waals surface area contributed by atoms with Gasteiger partial charge in [0.25, 0.3) is 5.88 Å². The number of hydrogen-bond donors (Lipinski definition) is 1. The third kappa shape index (κ3) is 3.73. The van der Waals surface area contributed by atoms with Crippen LogP contribution in [0.2, 0.25) is 0 Å². The van der Waals surface area contributed by atoms with Gasteiger partial charge in [0.2, 0.25) is 0 Å². The van der Waals surface area contributed by atoms with Gasteiger partial charge in [-0.3, -0.25) is 5.32 Å². The van der Waals surface area contributed by atoms with Crippen LogP contribution in [-0.4, -0.2) is 54.2 Å². The van der Waals surface area contributed by atoms with E-state index in [9.17, 15) is 4.79 Å². The first kappa shape index (κ1) is 18.5. The molecule has 1 aromatic carbocycles. The lowest BCUT2D eigenvalue weighted by molar-refractivity contribution is 0.208. The minimum Gasteiger partial charge on any atom is -0.478 e. The maximum absolute atomic E-state index is 12.7. The summed E-state index contributed by atoms with van der Waals surface area (Å²) < 4.78 is 5.30. The summed E-state index contributed by atoms with van der Waals surface area (Å²) >= 11 is 1.48. The van der Waals surface area contributed by atoms with E-state index in [0.29, 0.717) is 24.8 Å². The molecule has 28 heavy (non-hydrogen) atoms. The largest absolute Gasteiger partial charge is 0.478 e. The summed E-state index contributed by atoms with van der Waals surface area (Å²) in [5, 5.41) is 4.78. The summed E-state index contributed by atoms with van der Waals surface area (Å²) in [5.74, 6) is 0.687. The van der Waals surface area contributed by atoms with Crippen LogP contribution in [0.15, 0.2) is 29.6 Å². The van der Waals surface area contributed by atoms with Crippen molar-refractivity contribution in [2.24, 2.45) is 0 Å². The Kier molecular flexibility index (Phi) is 5.04. The minimum absolute atomic E-state index is 0.177. The standard InChI is InChI=1S/C20H23N5O2S/c1-13-10-14(2)12-15(11-13)24-5-7-25(8-6-24)20(26)23-17-18(27-3)21-16-4-9-28-19(16)22-17/h4,9-12H,5-8H2,1-3H3,(H,22,23,26). The van der Waals surface area contributed by atoms with Crippen LogP contribution in [0.25, 0.3) is 10.3 Å². The van der Waals surface area contributed by atoms with Crippen LogP contribution in [0.5, 0.6) is 5.88 Å². The highest BCUT2D eigenvalue weighted by Gasteiger charge is 2.23. The average molecular weight is 398 g/mol. The molecule has 0 spiro atoms. The minimum atomic E-state index is -0.177. The monoisotopic (exact) mass is 397 g/mol. The molecule has 1 aliphatic rings. The highest BCUT2D eigenvalue weighted by molar-refractivity contribution is 7.16. The molecule has 0 bridgehead atoms. The number of amides is 2. The van der Waals surface area contributed by atoms with Crippen LogP contribution < -0.4 is 15.0 Å². The molecule has 0 aliphatic carbocycles. The molecule has 1 N–H and O–H groups in total. The quantitative estimate of drug-likeness (QED) is 0.730. The van der Waals surface area contributed by atoms with Crippen LogP contribution in [0.1, 0.15) is 11.1 Å². The molecule has 3 heterocycles. The van der Waals surface area contributed by atoms with E-state index in [1.165, 1.54) is 35.3 Å². The van der Waals surface area contributed by atoms with E-state index < -0.39 is 0 Å².